The Morgan fingerprint density at radius 1 is 0.865 bits per heavy atom. The van der Waals surface area contributed by atoms with Gasteiger partial charge in [0.25, 0.3) is 11.8 Å². The number of nitrogens with one attached hydrogen (secondary N) is 2. The van der Waals surface area contributed by atoms with Gasteiger partial charge in [0.15, 0.2) is 0 Å². The predicted molar refractivity (Wildman–Crippen MR) is 136 cm³/mol. The van der Waals surface area contributed by atoms with Gasteiger partial charge in [-0.25, -0.2) is 4.98 Å². The minimum atomic E-state index is 0.0167. The zero-order valence-electron chi connectivity index (χ0n) is 20.7. The molecule has 2 amide bonds. The van der Waals surface area contributed by atoms with E-state index < -0.39 is 0 Å². The summed E-state index contributed by atoms with van der Waals surface area (Å²) < 4.78 is 5.48. The first-order valence-corrected chi connectivity index (χ1v) is 13.4. The highest BCUT2D eigenvalue weighted by molar-refractivity contribution is 5.97. The fourth-order valence-electron chi connectivity index (χ4n) is 6.12. The van der Waals surface area contributed by atoms with Gasteiger partial charge < -0.3 is 19.9 Å². The van der Waals surface area contributed by atoms with Crippen molar-refractivity contribution in [2.75, 3.05) is 44.7 Å². The van der Waals surface area contributed by atoms with Gasteiger partial charge in [-0.3, -0.25) is 9.59 Å². The lowest BCUT2D eigenvalue weighted by molar-refractivity contribution is 0.0738. The number of H-pyrrole nitrogens is 1. The van der Waals surface area contributed by atoms with Crippen LogP contribution in [0.3, 0.4) is 0 Å². The number of fused-ring (bicyclic) bond motifs is 2. The van der Waals surface area contributed by atoms with E-state index >= 15 is 0 Å². The summed E-state index contributed by atoms with van der Waals surface area (Å²) in [6, 6.07) is 7.86. The maximum Gasteiger partial charge on any atom is 0.255 e. The van der Waals surface area contributed by atoms with Crippen LogP contribution >= 0.6 is 0 Å². The van der Waals surface area contributed by atoms with Gasteiger partial charge in [-0.2, -0.15) is 15.4 Å². The van der Waals surface area contributed by atoms with E-state index in [-0.39, 0.29) is 11.8 Å². The largest absolute Gasteiger partial charge is 0.381 e. The van der Waals surface area contributed by atoms with Gasteiger partial charge in [0, 0.05) is 69.0 Å². The third kappa shape index (κ3) is 4.33. The Bertz CT molecular complexity index is 1330. The van der Waals surface area contributed by atoms with E-state index in [1.54, 1.807) is 12.3 Å². The number of likely N-dealkylation sites (tertiary alicyclic amines) is 2. The van der Waals surface area contributed by atoms with E-state index in [0.717, 1.165) is 50.2 Å². The molecule has 3 saturated heterocycles. The maximum absolute atomic E-state index is 13.5. The van der Waals surface area contributed by atoms with Crippen molar-refractivity contribution in [3.8, 4) is 0 Å². The van der Waals surface area contributed by atoms with Crippen LogP contribution in [-0.2, 0) is 4.74 Å². The second kappa shape index (κ2) is 9.09. The Morgan fingerprint density at radius 3 is 2.24 bits per heavy atom. The van der Waals surface area contributed by atoms with Gasteiger partial charge in [-0.05, 0) is 61.4 Å². The number of hydrogen-bond donors (Lipinski definition) is 2. The summed E-state index contributed by atoms with van der Waals surface area (Å²) in [6.45, 7) is 4.26. The van der Waals surface area contributed by atoms with Gasteiger partial charge in [0.1, 0.15) is 16.9 Å². The summed E-state index contributed by atoms with van der Waals surface area (Å²) in [5.74, 6) is 2.10. The number of nitrogens with zero attached hydrogens (tertiary/aromatic N) is 5. The molecule has 3 aliphatic heterocycles. The third-order valence-electron chi connectivity index (χ3n) is 8.37. The molecule has 0 bridgehead atoms. The highest BCUT2D eigenvalue weighted by Crippen LogP contribution is 2.43. The Labute approximate surface area is 214 Å². The number of pyridine rings is 1. The van der Waals surface area contributed by atoms with E-state index in [4.69, 9.17) is 9.72 Å². The molecule has 7 rings (SSSR count). The highest BCUT2D eigenvalue weighted by Gasteiger charge is 2.43. The number of anilines is 1. The Balaban J connectivity index is 1.01. The van der Waals surface area contributed by atoms with Crippen molar-refractivity contribution in [1.29, 1.82) is 0 Å². The molecule has 37 heavy (non-hydrogen) atoms. The molecular weight excluding hydrogens is 470 g/mol. The number of aromatic amines is 1. The molecule has 192 valence electrons. The summed E-state index contributed by atoms with van der Waals surface area (Å²) in [7, 11) is 0. The molecule has 4 aliphatic rings. The van der Waals surface area contributed by atoms with Crippen molar-refractivity contribution in [1.82, 2.24) is 30.2 Å². The number of rotatable bonds is 5. The average molecular weight is 502 g/mol. The van der Waals surface area contributed by atoms with E-state index in [9.17, 15) is 9.59 Å². The van der Waals surface area contributed by atoms with Crippen LogP contribution in [0, 0.1) is 11.8 Å². The number of ether oxygens (including phenoxy) is 1. The molecule has 2 aromatic heterocycles. The van der Waals surface area contributed by atoms with E-state index in [1.807, 2.05) is 21.9 Å². The lowest BCUT2D eigenvalue weighted by Gasteiger charge is -2.25. The smallest absolute Gasteiger partial charge is 0.255 e. The molecule has 5 heterocycles. The van der Waals surface area contributed by atoms with Crippen LogP contribution in [0.5, 0.6) is 0 Å². The van der Waals surface area contributed by atoms with Crippen LogP contribution in [0.15, 0.2) is 30.5 Å². The molecule has 3 aromatic rings. The molecule has 2 N–H and O–H groups in total. The maximum atomic E-state index is 13.5. The van der Waals surface area contributed by atoms with Crippen molar-refractivity contribution in [3.05, 3.63) is 47.2 Å². The molecule has 2 atom stereocenters. The summed E-state index contributed by atoms with van der Waals surface area (Å²) in [5.41, 5.74) is 3.92. The second-order valence-corrected chi connectivity index (χ2v) is 10.9. The van der Waals surface area contributed by atoms with Crippen LogP contribution in [0.2, 0.25) is 0 Å². The van der Waals surface area contributed by atoms with Crippen LogP contribution < -0.4 is 5.32 Å². The molecular formula is C27H31N7O3. The topological polar surface area (TPSA) is 116 Å². The number of aromatic nitrogens is 4. The number of benzene rings is 1. The fraction of sp³-hybridized carbons (Fsp3) is 0.519. The summed E-state index contributed by atoms with van der Waals surface area (Å²) in [6.07, 6.45) is 6.01. The minimum absolute atomic E-state index is 0.0167. The van der Waals surface area contributed by atoms with E-state index in [1.165, 1.54) is 5.56 Å². The molecule has 0 spiro atoms. The lowest BCUT2D eigenvalue weighted by Crippen LogP contribution is -2.35. The van der Waals surface area contributed by atoms with Gasteiger partial charge in [0.2, 0.25) is 0 Å². The first-order chi connectivity index (χ1) is 18.1. The lowest BCUT2D eigenvalue weighted by atomic mass is 10.0. The van der Waals surface area contributed by atoms with Crippen molar-refractivity contribution < 1.29 is 14.3 Å². The molecule has 1 aromatic carbocycles. The summed E-state index contributed by atoms with van der Waals surface area (Å²) in [4.78, 5) is 35.2. The monoisotopic (exact) mass is 501 g/mol. The average Bonchev–Trinajstić information content (AvgIpc) is 3.33. The standard InChI is InChI=1S/C27H31N7O3/c35-26(17-3-4-23-24(10-17)31-32-30-23)33-12-19-14-34(15-20(19)13-33)27(36)18-9-22(16-1-2-16)25(28-11-18)29-21-5-7-37-8-6-21/h3-4,9-11,16,19-21H,1-2,5-8,12-15H2,(H,28,29)(H,30,31,32)/t19-,20?/m0/s1. The van der Waals surface area contributed by atoms with Crippen molar-refractivity contribution in [2.45, 2.75) is 37.6 Å². The molecule has 10 nitrogen and oxygen atoms in total. The SMILES string of the molecule is O=C(c1cnc(NC2CCOCC2)c(C2CC2)c1)N1CC2CN(C(=O)c3ccc4n[nH]nc4c3)C[C@H]2C1. The zero-order chi connectivity index (χ0) is 24.9. The normalized spacial score (nSPS) is 24.0. The van der Waals surface area contributed by atoms with Crippen LogP contribution in [0.1, 0.15) is 57.9 Å². The Hall–Kier alpha value is -3.53. The second-order valence-electron chi connectivity index (χ2n) is 10.9. The Kier molecular flexibility index (Phi) is 5.57. The van der Waals surface area contributed by atoms with E-state index in [0.29, 0.717) is 66.6 Å². The van der Waals surface area contributed by atoms with Gasteiger partial charge in [0.05, 0.1) is 5.56 Å². The fourth-order valence-corrected chi connectivity index (χ4v) is 6.12. The molecule has 1 saturated carbocycles. The molecule has 10 heteroatoms. The minimum Gasteiger partial charge on any atom is -0.381 e. The van der Waals surface area contributed by atoms with E-state index in [2.05, 4.69) is 26.8 Å². The van der Waals surface area contributed by atoms with Crippen molar-refractivity contribution in [3.63, 3.8) is 0 Å². The number of carbonyl (C=O) groups excluding carboxylic acids is 2. The van der Waals surface area contributed by atoms with Crippen LogP contribution in [-0.4, -0.2) is 87.4 Å². The molecule has 1 unspecified atom stereocenters. The number of carbonyl (C=O) groups is 2. The number of amides is 2. The van der Waals surface area contributed by atoms with Gasteiger partial charge in [-0.15, -0.1) is 0 Å². The Morgan fingerprint density at radius 2 is 1.54 bits per heavy atom. The molecule has 0 radical (unpaired) electrons. The van der Waals surface area contributed by atoms with Crippen LogP contribution in [0.4, 0.5) is 5.82 Å². The highest BCUT2D eigenvalue weighted by atomic mass is 16.5. The van der Waals surface area contributed by atoms with Gasteiger partial charge in [-0.1, -0.05) is 0 Å². The van der Waals surface area contributed by atoms with Gasteiger partial charge >= 0.3 is 0 Å². The quantitative estimate of drug-likeness (QED) is 0.552. The van der Waals surface area contributed by atoms with Crippen LogP contribution in [0.25, 0.3) is 11.0 Å². The number of hydrogen-bond acceptors (Lipinski definition) is 7. The predicted octanol–water partition coefficient (Wildman–Crippen LogP) is 2.67. The third-order valence-corrected chi connectivity index (χ3v) is 8.37. The summed E-state index contributed by atoms with van der Waals surface area (Å²) in [5, 5.41) is 14.4. The molecule has 4 fully saturated rings. The summed E-state index contributed by atoms with van der Waals surface area (Å²) >= 11 is 0. The molecule has 1 aliphatic carbocycles. The zero-order valence-corrected chi connectivity index (χ0v) is 20.7. The first kappa shape index (κ1) is 22.7. The first-order valence-electron chi connectivity index (χ1n) is 13.4. The van der Waals surface area contributed by atoms with Crippen molar-refractivity contribution in [2.24, 2.45) is 11.8 Å². The van der Waals surface area contributed by atoms with Crippen molar-refractivity contribution >= 4 is 28.7 Å².